The molecular formula is C22H27FN2O2. The molecule has 0 unspecified atom stereocenters. The number of ether oxygens (including phenoxy) is 1. The number of nitrogens with zero attached hydrogens (tertiary/aromatic N) is 1. The molecule has 1 N–H and O–H groups in total. The molecular weight excluding hydrogens is 343 g/mol. The Labute approximate surface area is 160 Å². The van der Waals surface area contributed by atoms with Crippen LogP contribution in [0, 0.1) is 12.7 Å². The molecule has 4 nitrogen and oxygen atoms in total. The first-order valence-electron chi connectivity index (χ1n) is 9.72. The molecule has 0 atom stereocenters. The second kappa shape index (κ2) is 8.51. The first kappa shape index (κ1) is 19.3. The van der Waals surface area contributed by atoms with Gasteiger partial charge in [-0.2, -0.15) is 0 Å². The predicted octanol–water partition coefficient (Wildman–Crippen LogP) is 5.16. The quantitative estimate of drug-likeness (QED) is 0.764. The van der Waals surface area contributed by atoms with Crippen LogP contribution in [0.2, 0.25) is 0 Å². The van der Waals surface area contributed by atoms with Crippen LogP contribution in [0.1, 0.15) is 56.6 Å². The minimum atomic E-state index is -0.614. The number of amides is 1. The summed E-state index contributed by atoms with van der Waals surface area (Å²) >= 11 is 0. The van der Waals surface area contributed by atoms with Gasteiger partial charge in [0, 0.05) is 5.56 Å². The molecule has 1 aromatic heterocycles. The van der Waals surface area contributed by atoms with Crippen LogP contribution in [0.5, 0.6) is 5.88 Å². The Morgan fingerprint density at radius 2 is 1.93 bits per heavy atom. The van der Waals surface area contributed by atoms with Gasteiger partial charge in [-0.3, -0.25) is 4.79 Å². The first-order valence-corrected chi connectivity index (χ1v) is 9.72. The molecule has 1 heterocycles. The lowest BCUT2D eigenvalue weighted by Crippen LogP contribution is -2.42. The Morgan fingerprint density at radius 1 is 1.22 bits per heavy atom. The van der Waals surface area contributed by atoms with Crippen LogP contribution in [0.15, 0.2) is 36.5 Å². The fraction of sp³-hybridized carbons (Fsp3) is 0.455. The fourth-order valence-electron chi connectivity index (χ4n) is 3.80. The van der Waals surface area contributed by atoms with E-state index in [0.717, 1.165) is 49.7 Å². The predicted molar refractivity (Wildman–Crippen MR) is 105 cm³/mol. The molecule has 1 aromatic carbocycles. The smallest absolute Gasteiger partial charge is 0.235 e. The lowest BCUT2D eigenvalue weighted by atomic mass is 9.68. The van der Waals surface area contributed by atoms with Crippen molar-refractivity contribution in [3.05, 3.63) is 53.5 Å². The molecule has 1 amide bonds. The lowest BCUT2D eigenvalue weighted by molar-refractivity contribution is -0.122. The molecule has 0 radical (unpaired) electrons. The van der Waals surface area contributed by atoms with E-state index in [2.05, 4.69) is 10.3 Å². The summed E-state index contributed by atoms with van der Waals surface area (Å²) in [4.78, 5) is 17.6. The third-order valence-electron chi connectivity index (χ3n) is 5.27. The van der Waals surface area contributed by atoms with Crippen LogP contribution in [0.3, 0.4) is 0 Å². The lowest BCUT2D eigenvalue weighted by Gasteiger charge is -2.36. The van der Waals surface area contributed by atoms with Crippen molar-refractivity contribution in [3.8, 4) is 5.88 Å². The molecule has 2 aromatic rings. The van der Waals surface area contributed by atoms with Crippen molar-refractivity contribution in [2.75, 3.05) is 11.9 Å². The van der Waals surface area contributed by atoms with Gasteiger partial charge in [0.15, 0.2) is 0 Å². The highest BCUT2D eigenvalue weighted by atomic mass is 19.1. The number of hydrogen-bond acceptors (Lipinski definition) is 3. The summed E-state index contributed by atoms with van der Waals surface area (Å²) < 4.78 is 19.0. The third kappa shape index (κ3) is 4.29. The van der Waals surface area contributed by atoms with E-state index in [1.54, 1.807) is 18.3 Å². The molecule has 1 aliphatic carbocycles. The summed E-state index contributed by atoms with van der Waals surface area (Å²) in [5.41, 5.74) is 1.82. The zero-order valence-corrected chi connectivity index (χ0v) is 16.1. The molecule has 0 spiro atoms. The number of aryl methyl sites for hydroxylation is 1. The molecule has 1 aliphatic rings. The fourth-order valence-corrected chi connectivity index (χ4v) is 3.80. The molecule has 0 saturated heterocycles. The molecule has 0 aliphatic heterocycles. The van der Waals surface area contributed by atoms with Crippen LogP contribution in [-0.4, -0.2) is 17.5 Å². The van der Waals surface area contributed by atoms with Gasteiger partial charge in [0.05, 0.1) is 23.9 Å². The van der Waals surface area contributed by atoms with Gasteiger partial charge in [0.1, 0.15) is 5.82 Å². The van der Waals surface area contributed by atoms with E-state index in [4.69, 9.17) is 4.74 Å². The van der Waals surface area contributed by atoms with Crippen LogP contribution in [-0.2, 0) is 10.2 Å². The van der Waals surface area contributed by atoms with Crippen molar-refractivity contribution in [2.45, 2.75) is 57.8 Å². The SMILES string of the molecule is CCCOc1ncc(NC(=O)C2(c3ccc(F)cc3)CCCCC2)cc1C. The topological polar surface area (TPSA) is 51.2 Å². The van der Waals surface area contributed by atoms with Crippen LogP contribution >= 0.6 is 0 Å². The zero-order chi connectivity index (χ0) is 19.3. The number of carbonyl (C=O) groups is 1. The highest BCUT2D eigenvalue weighted by Crippen LogP contribution is 2.40. The maximum Gasteiger partial charge on any atom is 0.235 e. The van der Waals surface area contributed by atoms with E-state index in [1.807, 2.05) is 19.9 Å². The maximum atomic E-state index is 13.4. The highest BCUT2D eigenvalue weighted by molar-refractivity contribution is 5.99. The average Bonchev–Trinajstić information content (AvgIpc) is 2.68. The van der Waals surface area contributed by atoms with Gasteiger partial charge in [-0.1, -0.05) is 38.3 Å². The molecule has 0 bridgehead atoms. The highest BCUT2D eigenvalue weighted by Gasteiger charge is 2.41. The molecule has 1 fully saturated rings. The van der Waals surface area contributed by atoms with Gasteiger partial charge in [-0.15, -0.1) is 0 Å². The van der Waals surface area contributed by atoms with Gasteiger partial charge < -0.3 is 10.1 Å². The number of hydrogen-bond donors (Lipinski definition) is 1. The zero-order valence-electron chi connectivity index (χ0n) is 16.1. The molecule has 144 valence electrons. The standard InChI is InChI=1S/C22H27FN2O2/c1-3-13-27-20-16(2)14-19(15-24-20)25-21(26)22(11-5-4-6-12-22)17-7-9-18(23)10-8-17/h7-10,14-15H,3-6,11-13H2,1-2H3,(H,25,26). The Bertz CT molecular complexity index is 783. The molecule has 27 heavy (non-hydrogen) atoms. The third-order valence-corrected chi connectivity index (χ3v) is 5.27. The molecule has 3 rings (SSSR count). The van der Waals surface area contributed by atoms with Crippen LogP contribution in [0.4, 0.5) is 10.1 Å². The summed E-state index contributed by atoms with van der Waals surface area (Å²) in [6.45, 7) is 4.58. The average molecular weight is 370 g/mol. The summed E-state index contributed by atoms with van der Waals surface area (Å²) in [6.07, 6.45) is 7.21. The van der Waals surface area contributed by atoms with Crippen molar-refractivity contribution in [2.24, 2.45) is 0 Å². The molecule has 1 saturated carbocycles. The van der Waals surface area contributed by atoms with Crippen LogP contribution in [0.25, 0.3) is 0 Å². The van der Waals surface area contributed by atoms with E-state index >= 15 is 0 Å². The summed E-state index contributed by atoms with van der Waals surface area (Å²) in [5.74, 6) is 0.269. The second-order valence-corrected chi connectivity index (χ2v) is 7.30. The second-order valence-electron chi connectivity index (χ2n) is 7.30. The van der Waals surface area contributed by atoms with Crippen LogP contribution < -0.4 is 10.1 Å². The summed E-state index contributed by atoms with van der Waals surface area (Å²) in [7, 11) is 0. The first-order chi connectivity index (χ1) is 13.0. The van der Waals surface area contributed by atoms with Gasteiger partial charge in [-0.05, 0) is 49.9 Å². The van der Waals surface area contributed by atoms with Gasteiger partial charge in [-0.25, -0.2) is 9.37 Å². The maximum absolute atomic E-state index is 13.4. The van der Waals surface area contributed by atoms with E-state index in [1.165, 1.54) is 12.1 Å². The van der Waals surface area contributed by atoms with Crippen molar-refractivity contribution in [1.82, 2.24) is 4.98 Å². The largest absolute Gasteiger partial charge is 0.477 e. The Balaban J connectivity index is 1.83. The summed E-state index contributed by atoms with van der Waals surface area (Å²) in [6, 6.07) is 8.24. The number of halogens is 1. The minimum Gasteiger partial charge on any atom is -0.477 e. The van der Waals surface area contributed by atoms with Gasteiger partial charge >= 0.3 is 0 Å². The number of benzene rings is 1. The van der Waals surface area contributed by atoms with Crippen molar-refractivity contribution in [3.63, 3.8) is 0 Å². The Hall–Kier alpha value is -2.43. The van der Waals surface area contributed by atoms with Crippen molar-refractivity contribution < 1.29 is 13.9 Å². The molecule has 5 heteroatoms. The van der Waals surface area contributed by atoms with E-state index in [0.29, 0.717) is 18.2 Å². The number of nitrogens with one attached hydrogen (secondary N) is 1. The Kier molecular flexibility index (Phi) is 6.09. The van der Waals surface area contributed by atoms with Crippen molar-refractivity contribution >= 4 is 11.6 Å². The monoisotopic (exact) mass is 370 g/mol. The Morgan fingerprint density at radius 3 is 2.56 bits per heavy atom. The van der Waals surface area contributed by atoms with E-state index < -0.39 is 5.41 Å². The normalized spacial score (nSPS) is 16.0. The number of aromatic nitrogens is 1. The van der Waals surface area contributed by atoms with Crippen molar-refractivity contribution in [1.29, 1.82) is 0 Å². The van der Waals surface area contributed by atoms with E-state index in [-0.39, 0.29) is 11.7 Å². The number of anilines is 1. The number of carbonyl (C=O) groups excluding carboxylic acids is 1. The number of pyridine rings is 1. The minimum absolute atomic E-state index is 0.0442. The van der Waals surface area contributed by atoms with E-state index in [9.17, 15) is 9.18 Å². The summed E-state index contributed by atoms with van der Waals surface area (Å²) in [5, 5.41) is 3.04. The van der Waals surface area contributed by atoms with Gasteiger partial charge in [0.2, 0.25) is 11.8 Å². The number of rotatable bonds is 6. The van der Waals surface area contributed by atoms with Gasteiger partial charge in [0.25, 0.3) is 0 Å².